The first-order valence-corrected chi connectivity index (χ1v) is 8.22. The zero-order chi connectivity index (χ0) is 14.9. The summed E-state index contributed by atoms with van der Waals surface area (Å²) in [6.45, 7) is 6.58. The highest BCUT2D eigenvalue weighted by Crippen LogP contribution is 2.37. The smallest absolute Gasteiger partial charge is 0.230 e. The Morgan fingerprint density at radius 2 is 2.29 bits per heavy atom. The van der Waals surface area contributed by atoms with Crippen molar-refractivity contribution in [2.45, 2.75) is 58.5 Å². The third kappa shape index (κ3) is 3.00. The van der Waals surface area contributed by atoms with Crippen LogP contribution in [0.1, 0.15) is 50.5 Å². The number of nitrogens with one attached hydrogen (secondary N) is 1. The molecule has 21 heavy (non-hydrogen) atoms. The van der Waals surface area contributed by atoms with Crippen LogP contribution in [0.3, 0.4) is 0 Å². The van der Waals surface area contributed by atoms with E-state index in [9.17, 15) is 4.79 Å². The average molecular weight is 290 g/mol. The number of piperidine rings is 1. The molecule has 0 aromatic carbocycles. The van der Waals surface area contributed by atoms with Crippen LogP contribution in [0.4, 0.5) is 0 Å². The Morgan fingerprint density at radius 1 is 1.48 bits per heavy atom. The Hall–Kier alpha value is -1.29. The van der Waals surface area contributed by atoms with Gasteiger partial charge in [0.1, 0.15) is 11.5 Å². The number of nitrogens with zero attached hydrogens (tertiary/aromatic N) is 1. The minimum Gasteiger partial charge on any atom is -0.464 e. The molecule has 1 aliphatic carbocycles. The summed E-state index contributed by atoms with van der Waals surface area (Å²) in [5.74, 6) is 2.15. The van der Waals surface area contributed by atoms with E-state index in [4.69, 9.17) is 4.42 Å². The zero-order valence-corrected chi connectivity index (χ0v) is 13.2. The van der Waals surface area contributed by atoms with Crippen molar-refractivity contribution in [2.24, 2.45) is 5.41 Å². The number of hydrogen-bond acceptors (Lipinski definition) is 3. The first-order chi connectivity index (χ1) is 10.1. The lowest BCUT2D eigenvalue weighted by Crippen LogP contribution is -2.52. The second kappa shape index (κ2) is 5.84. The molecule has 1 unspecified atom stereocenters. The largest absolute Gasteiger partial charge is 0.464 e. The van der Waals surface area contributed by atoms with E-state index in [0.29, 0.717) is 18.5 Å². The number of aryl methyl sites for hydroxylation is 1. The van der Waals surface area contributed by atoms with Gasteiger partial charge in [0, 0.05) is 12.6 Å². The van der Waals surface area contributed by atoms with E-state index < -0.39 is 0 Å². The Balaban J connectivity index is 1.77. The fraction of sp³-hybridized carbons (Fsp3) is 0.706. The number of furan rings is 1. The molecule has 0 spiro atoms. The maximum Gasteiger partial charge on any atom is 0.230 e. The van der Waals surface area contributed by atoms with Gasteiger partial charge in [0.2, 0.25) is 5.91 Å². The molecule has 4 heteroatoms. The third-order valence-electron chi connectivity index (χ3n) is 4.97. The quantitative estimate of drug-likeness (QED) is 0.907. The van der Waals surface area contributed by atoms with Gasteiger partial charge in [0.25, 0.3) is 0 Å². The Kier molecular flexibility index (Phi) is 4.07. The highest BCUT2D eigenvalue weighted by molar-refractivity contribution is 5.83. The molecule has 2 fully saturated rings. The molecule has 0 bridgehead atoms. The summed E-state index contributed by atoms with van der Waals surface area (Å²) >= 11 is 0. The molecule has 2 heterocycles. The number of hydrogen-bond donors (Lipinski definition) is 1. The first kappa shape index (κ1) is 14.6. The van der Waals surface area contributed by atoms with Crippen LogP contribution in [-0.4, -0.2) is 29.9 Å². The monoisotopic (exact) mass is 290 g/mol. The minimum atomic E-state index is -0.206. The summed E-state index contributed by atoms with van der Waals surface area (Å²) in [6.07, 6.45) is 5.30. The molecule has 0 radical (unpaired) electrons. The molecule has 1 saturated heterocycles. The number of carbonyl (C=O) groups excluding carboxylic acids is 1. The van der Waals surface area contributed by atoms with Gasteiger partial charge in [-0.05, 0) is 57.7 Å². The number of amides is 1. The van der Waals surface area contributed by atoms with E-state index in [0.717, 1.165) is 56.7 Å². The van der Waals surface area contributed by atoms with Gasteiger partial charge in [0.05, 0.1) is 12.0 Å². The molecule has 1 atom stereocenters. The van der Waals surface area contributed by atoms with Crippen molar-refractivity contribution in [1.82, 2.24) is 10.2 Å². The van der Waals surface area contributed by atoms with Gasteiger partial charge >= 0.3 is 0 Å². The van der Waals surface area contributed by atoms with Crippen LogP contribution in [0.2, 0.25) is 0 Å². The highest BCUT2D eigenvalue weighted by atomic mass is 16.3. The van der Waals surface area contributed by atoms with Crippen molar-refractivity contribution in [3.63, 3.8) is 0 Å². The molecule has 116 valence electrons. The maximum atomic E-state index is 13.2. The molecule has 4 nitrogen and oxygen atoms in total. The van der Waals surface area contributed by atoms with Gasteiger partial charge in [-0.2, -0.15) is 0 Å². The SMILES string of the molecule is CCC1(C(=O)N(Cc2ccc(C)o2)C2CC2)CCCNC1. The van der Waals surface area contributed by atoms with Crippen molar-refractivity contribution in [2.75, 3.05) is 13.1 Å². The fourth-order valence-corrected chi connectivity index (χ4v) is 3.40. The standard InChI is InChI=1S/C17H26N2O2/c1-3-17(9-4-10-18-12-17)16(20)19(14-6-7-14)11-15-8-5-13(2)21-15/h5,8,14,18H,3-4,6-7,9-12H2,1-2H3. The molecule has 1 N–H and O–H groups in total. The van der Waals surface area contributed by atoms with E-state index in [1.165, 1.54) is 0 Å². The predicted molar refractivity (Wildman–Crippen MR) is 81.8 cm³/mol. The lowest BCUT2D eigenvalue weighted by atomic mass is 9.77. The summed E-state index contributed by atoms with van der Waals surface area (Å²) in [5.41, 5.74) is -0.206. The van der Waals surface area contributed by atoms with Crippen molar-refractivity contribution >= 4 is 5.91 Å². The summed E-state index contributed by atoms with van der Waals surface area (Å²) in [5, 5.41) is 3.42. The second-order valence-electron chi connectivity index (χ2n) is 6.59. The van der Waals surface area contributed by atoms with Crippen LogP contribution in [0.15, 0.2) is 16.5 Å². The van der Waals surface area contributed by atoms with Crippen molar-refractivity contribution in [1.29, 1.82) is 0 Å². The van der Waals surface area contributed by atoms with E-state index >= 15 is 0 Å². The highest BCUT2D eigenvalue weighted by Gasteiger charge is 2.44. The molecule has 1 aliphatic heterocycles. The molecule has 1 aromatic rings. The Bertz CT molecular complexity index is 499. The van der Waals surface area contributed by atoms with E-state index in [1.54, 1.807) is 0 Å². The molecule has 3 rings (SSSR count). The van der Waals surface area contributed by atoms with Crippen molar-refractivity contribution in [3.8, 4) is 0 Å². The average Bonchev–Trinajstić information content (AvgIpc) is 3.27. The summed E-state index contributed by atoms with van der Waals surface area (Å²) < 4.78 is 5.69. The van der Waals surface area contributed by atoms with Gasteiger partial charge in [-0.3, -0.25) is 4.79 Å². The first-order valence-electron chi connectivity index (χ1n) is 8.22. The number of rotatable bonds is 5. The van der Waals surface area contributed by atoms with Crippen LogP contribution in [0.25, 0.3) is 0 Å². The van der Waals surface area contributed by atoms with Crippen LogP contribution in [-0.2, 0) is 11.3 Å². The van der Waals surface area contributed by atoms with Crippen LogP contribution in [0, 0.1) is 12.3 Å². The minimum absolute atomic E-state index is 0.206. The third-order valence-corrected chi connectivity index (χ3v) is 4.97. The van der Waals surface area contributed by atoms with Gasteiger partial charge in [0.15, 0.2) is 0 Å². The Labute approximate surface area is 126 Å². The second-order valence-corrected chi connectivity index (χ2v) is 6.59. The van der Waals surface area contributed by atoms with Gasteiger partial charge in [-0.15, -0.1) is 0 Å². The van der Waals surface area contributed by atoms with Gasteiger partial charge in [-0.25, -0.2) is 0 Å². The van der Waals surface area contributed by atoms with Crippen molar-refractivity contribution < 1.29 is 9.21 Å². The van der Waals surface area contributed by atoms with E-state index in [1.807, 2.05) is 19.1 Å². The fourth-order valence-electron chi connectivity index (χ4n) is 3.40. The zero-order valence-electron chi connectivity index (χ0n) is 13.2. The summed E-state index contributed by atoms with van der Waals surface area (Å²) in [4.78, 5) is 15.3. The molecule has 2 aliphatic rings. The maximum absolute atomic E-state index is 13.2. The lowest BCUT2D eigenvalue weighted by molar-refractivity contribution is -0.145. The Morgan fingerprint density at radius 3 is 2.81 bits per heavy atom. The van der Waals surface area contributed by atoms with Crippen LogP contribution >= 0.6 is 0 Å². The van der Waals surface area contributed by atoms with Crippen LogP contribution in [0.5, 0.6) is 0 Å². The topological polar surface area (TPSA) is 45.5 Å². The molecule has 1 saturated carbocycles. The molecule has 1 amide bonds. The van der Waals surface area contributed by atoms with Crippen LogP contribution < -0.4 is 5.32 Å². The predicted octanol–water partition coefficient (Wildman–Crippen LogP) is 2.86. The van der Waals surface area contributed by atoms with E-state index in [-0.39, 0.29) is 5.41 Å². The van der Waals surface area contributed by atoms with Gasteiger partial charge < -0.3 is 14.6 Å². The van der Waals surface area contributed by atoms with E-state index in [2.05, 4.69) is 17.1 Å². The number of carbonyl (C=O) groups is 1. The molecular formula is C17H26N2O2. The molecule has 1 aromatic heterocycles. The van der Waals surface area contributed by atoms with Gasteiger partial charge in [-0.1, -0.05) is 6.92 Å². The lowest BCUT2D eigenvalue weighted by Gasteiger charge is -2.39. The molecular weight excluding hydrogens is 264 g/mol. The summed E-state index contributed by atoms with van der Waals surface area (Å²) in [6, 6.07) is 4.39. The van der Waals surface area contributed by atoms with Crippen molar-refractivity contribution in [3.05, 3.63) is 23.7 Å². The normalized spacial score (nSPS) is 25.8. The summed E-state index contributed by atoms with van der Waals surface area (Å²) in [7, 11) is 0.